The van der Waals surface area contributed by atoms with Crippen molar-refractivity contribution < 1.29 is 33.4 Å². The van der Waals surface area contributed by atoms with Gasteiger partial charge in [0.1, 0.15) is 12.8 Å². The molecule has 55 heavy (non-hydrogen) atoms. The Labute approximate surface area is 322 Å². The summed E-state index contributed by atoms with van der Waals surface area (Å²) < 4.78 is 11.2. The van der Waals surface area contributed by atoms with E-state index in [1.54, 1.807) is 4.90 Å². The van der Waals surface area contributed by atoms with Gasteiger partial charge in [0.2, 0.25) is 5.91 Å². The number of benzene rings is 3. The minimum absolute atomic E-state index is 0.119. The lowest BCUT2D eigenvalue weighted by Gasteiger charge is -2.43. The molecule has 3 aliphatic carbocycles. The molecule has 290 valence electrons. The van der Waals surface area contributed by atoms with Gasteiger partial charge in [-0.15, -0.1) is 0 Å². The molecule has 0 aromatic heterocycles. The summed E-state index contributed by atoms with van der Waals surface area (Å²) in [5, 5.41) is 8.63. The van der Waals surface area contributed by atoms with Crippen molar-refractivity contribution in [2.24, 2.45) is 0 Å². The highest BCUT2D eigenvalue weighted by Gasteiger charge is 2.47. The normalized spacial score (nSPS) is 21.9. The van der Waals surface area contributed by atoms with Gasteiger partial charge in [-0.05, 0) is 78.8 Å². The molecule has 12 heteroatoms. The van der Waals surface area contributed by atoms with Crippen molar-refractivity contribution in [2.45, 2.75) is 107 Å². The van der Waals surface area contributed by atoms with E-state index in [9.17, 15) is 24.0 Å². The Kier molecular flexibility index (Phi) is 11.8. The van der Waals surface area contributed by atoms with Crippen LogP contribution in [0.4, 0.5) is 9.59 Å². The smallest absolute Gasteiger partial charge is 0.407 e. The van der Waals surface area contributed by atoms with Gasteiger partial charge in [0.05, 0.1) is 12.1 Å². The molecule has 4 aliphatic rings. The summed E-state index contributed by atoms with van der Waals surface area (Å²) in [5.74, 6) is -0.916. The number of hydrogen-bond donors (Lipinski definition) is 3. The Balaban J connectivity index is 1.12. The molecule has 12 nitrogen and oxygen atoms in total. The molecular formula is C43H51N5O7. The second kappa shape index (κ2) is 17.1. The number of rotatable bonds is 11. The van der Waals surface area contributed by atoms with Crippen LogP contribution in [0.25, 0.3) is 11.1 Å². The first kappa shape index (κ1) is 38.1. The fourth-order valence-corrected chi connectivity index (χ4v) is 9.16. The number of alkyl carbamates (subject to hydrolysis) is 2. The van der Waals surface area contributed by atoms with Crippen LogP contribution in [0.15, 0.2) is 72.8 Å². The van der Waals surface area contributed by atoms with Crippen molar-refractivity contribution >= 4 is 30.3 Å². The van der Waals surface area contributed by atoms with Gasteiger partial charge in [-0.25, -0.2) is 9.59 Å². The molecule has 1 heterocycles. The quantitative estimate of drug-likeness (QED) is 0.215. The van der Waals surface area contributed by atoms with Gasteiger partial charge < -0.3 is 30.3 Å². The van der Waals surface area contributed by atoms with Crippen LogP contribution in [-0.4, -0.2) is 90.7 Å². The monoisotopic (exact) mass is 749 g/mol. The summed E-state index contributed by atoms with van der Waals surface area (Å²) in [6.07, 6.45) is 3.95. The maximum absolute atomic E-state index is 14.4. The fraction of sp³-hybridized carbons (Fsp3) is 0.465. The Morgan fingerprint density at radius 1 is 0.836 bits per heavy atom. The molecule has 0 radical (unpaired) electrons. The van der Waals surface area contributed by atoms with Crippen LogP contribution in [0.5, 0.6) is 0 Å². The lowest BCUT2D eigenvalue weighted by atomic mass is 9.87. The summed E-state index contributed by atoms with van der Waals surface area (Å²) in [6.45, 7) is 1.74. The highest BCUT2D eigenvalue weighted by molar-refractivity contribution is 5.87. The molecule has 7 rings (SSSR count). The summed E-state index contributed by atoms with van der Waals surface area (Å²) >= 11 is 0. The van der Waals surface area contributed by atoms with E-state index in [2.05, 4.69) is 46.3 Å². The van der Waals surface area contributed by atoms with Crippen LogP contribution in [-0.2, 0) is 30.3 Å². The minimum Gasteiger partial charge on any atom is -0.449 e. The third-order valence-electron chi connectivity index (χ3n) is 11.8. The molecule has 5 atom stereocenters. The third kappa shape index (κ3) is 8.10. The Hall–Kier alpha value is -5.23. The van der Waals surface area contributed by atoms with Gasteiger partial charge in [-0.2, -0.15) is 0 Å². The molecule has 1 saturated carbocycles. The predicted octanol–water partition coefficient (Wildman–Crippen LogP) is 5.59. The van der Waals surface area contributed by atoms with Crippen molar-refractivity contribution in [1.29, 1.82) is 0 Å². The second-order valence-corrected chi connectivity index (χ2v) is 15.2. The zero-order valence-corrected chi connectivity index (χ0v) is 31.6. The standard InChI is InChI=1S/C43H51N5O7/c1-27(55-42(52)44-2)41(51)48(30-15-4-3-5-16-30)39(25-49)47-24-29(23-38(47)40(50)46-37-22-12-14-28-13-6-7-17-31(28)37)45-43(53)54-26-36-34-20-10-8-18-32(34)33-19-9-11-21-35(33)36/h6-11,13,17-21,25,27,29-30,36-39H,3-5,12,14-16,22-24,26H2,1-2H3,(H,44,52)(H,45,53)(H,46,50)/t27?,29-,37+,38-,39-/m0/s1. The largest absolute Gasteiger partial charge is 0.449 e. The number of hydrogen-bond acceptors (Lipinski definition) is 8. The molecule has 1 aliphatic heterocycles. The average molecular weight is 750 g/mol. The lowest BCUT2D eigenvalue weighted by Crippen LogP contribution is -2.61. The highest BCUT2D eigenvalue weighted by Crippen LogP contribution is 2.44. The van der Waals surface area contributed by atoms with E-state index in [4.69, 9.17) is 9.47 Å². The maximum Gasteiger partial charge on any atom is 0.407 e. The number of likely N-dealkylation sites (tertiary alicyclic amines) is 1. The SMILES string of the molecule is CNC(=O)OC(C)C(=O)N(C1CCCCC1)[C@@H](C=O)N1C[C@@H](NC(=O)OCC2c3ccccc3-c3ccccc32)C[C@H]1C(=O)N[C@@H]1CCCc2ccccc21. The summed E-state index contributed by atoms with van der Waals surface area (Å²) in [4.78, 5) is 70.8. The van der Waals surface area contributed by atoms with Crippen LogP contribution in [0.2, 0.25) is 0 Å². The first-order chi connectivity index (χ1) is 26.8. The Morgan fingerprint density at radius 3 is 2.16 bits per heavy atom. The topological polar surface area (TPSA) is 146 Å². The number of aldehydes is 1. The van der Waals surface area contributed by atoms with Crippen LogP contribution in [0, 0.1) is 0 Å². The summed E-state index contributed by atoms with van der Waals surface area (Å²) in [5.41, 5.74) is 6.72. The molecular weight excluding hydrogens is 699 g/mol. The molecule has 1 saturated heterocycles. The van der Waals surface area contributed by atoms with E-state index in [-0.39, 0.29) is 43.5 Å². The molecule has 2 fully saturated rings. The van der Waals surface area contributed by atoms with Crippen molar-refractivity contribution in [2.75, 3.05) is 20.2 Å². The number of nitrogens with one attached hydrogen (secondary N) is 3. The fourth-order valence-electron chi connectivity index (χ4n) is 9.16. The number of amides is 4. The zero-order valence-electron chi connectivity index (χ0n) is 31.6. The molecule has 4 amide bonds. The number of carbonyl (C=O) groups excluding carboxylic acids is 5. The number of nitrogens with zero attached hydrogens (tertiary/aromatic N) is 2. The third-order valence-corrected chi connectivity index (χ3v) is 11.8. The number of aryl methyl sites for hydroxylation is 1. The van der Waals surface area contributed by atoms with Crippen molar-refractivity contribution in [3.05, 3.63) is 95.1 Å². The number of fused-ring (bicyclic) bond motifs is 4. The van der Waals surface area contributed by atoms with Gasteiger partial charge in [0.15, 0.2) is 12.4 Å². The predicted molar refractivity (Wildman–Crippen MR) is 206 cm³/mol. The van der Waals surface area contributed by atoms with Crippen molar-refractivity contribution in [3.8, 4) is 11.1 Å². The van der Waals surface area contributed by atoms with Crippen LogP contribution in [0.1, 0.15) is 92.5 Å². The van der Waals surface area contributed by atoms with Gasteiger partial charge >= 0.3 is 12.2 Å². The average Bonchev–Trinajstić information content (AvgIpc) is 3.78. The number of ether oxygens (including phenoxy) is 2. The van der Waals surface area contributed by atoms with Crippen molar-refractivity contribution in [3.63, 3.8) is 0 Å². The van der Waals surface area contributed by atoms with E-state index >= 15 is 0 Å². The van der Waals surface area contributed by atoms with Gasteiger partial charge in [-0.1, -0.05) is 92.1 Å². The van der Waals surface area contributed by atoms with Crippen molar-refractivity contribution in [1.82, 2.24) is 25.8 Å². The van der Waals surface area contributed by atoms with E-state index in [0.29, 0.717) is 19.1 Å². The molecule has 0 spiro atoms. The summed E-state index contributed by atoms with van der Waals surface area (Å²) in [7, 11) is 1.41. The Morgan fingerprint density at radius 2 is 1.49 bits per heavy atom. The van der Waals surface area contributed by atoms with E-state index in [1.165, 1.54) is 24.4 Å². The maximum atomic E-state index is 14.4. The minimum atomic E-state index is -1.17. The first-order valence-corrected chi connectivity index (χ1v) is 19.7. The lowest BCUT2D eigenvalue weighted by molar-refractivity contribution is -0.155. The molecule has 1 unspecified atom stereocenters. The van der Waals surface area contributed by atoms with E-state index in [1.807, 2.05) is 42.5 Å². The first-order valence-electron chi connectivity index (χ1n) is 19.7. The Bertz CT molecular complexity index is 1850. The van der Waals surface area contributed by atoms with Crippen LogP contribution in [0.3, 0.4) is 0 Å². The zero-order chi connectivity index (χ0) is 38.5. The molecule has 0 bridgehead atoms. The summed E-state index contributed by atoms with van der Waals surface area (Å²) in [6, 6.07) is 22.4. The molecule has 3 aromatic carbocycles. The van der Waals surface area contributed by atoms with Gasteiger partial charge in [0, 0.05) is 31.6 Å². The number of carbonyl (C=O) groups is 5. The van der Waals surface area contributed by atoms with E-state index in [0.717, 1.165) is 66.3 Å². The van der Waals surface area contributed by atoms with E-state index < -0.39 is 42.4 Å². The van der Waals surface area contributed by atoms with Crippen LogP contribution >= 0.6 is 0 Å². The second-order valence-electron chi connectivity index (χ2n) is 15.2. The van der Waals surface area contributed by atoms with Crippen LogP contribution < -0.4 is 16.0 Å². The van der Waals surface area contributed by atoms with Gasteiger partial charge in [-0.3, -0.25) is 19.3 Å². The molecule has 3 N–H and O–H groups in total. The molecule has 3 aromatic rings. The van der Waals surface area contributed by atoms with Gasteiger partial charge in [0.25, 0.3) is 5.91 Å². The highest BCUT2D eigenvalue weighted by atomic mass is 16.6.